The summed E-state index contributed by atoms with van der Waals surface area (Å²) in [5.74, 6) is 0. The Bertz CT molecular complexity index is 1300. The Morgan fingerprint density at radius 2 is 1.59 bits per heavy atom. The van der Waals surface area contributed by atoms with E-state index < -0.39 is 38.3 Å². The average Bonchev–Trinajstić information content (AvgIpc) is 3.43. The van der Waals surface area contributed by atoms with E-state index in [-0.39, 0.29) is 17.7 Å². The van der Waals surface area contributed by atoms with Crippen LogP contribution in [-0.2, 0) is 33.3 Å². The van der Waals surface area contributed by atoms with Gasteiger partial charge in [-0.15, -0.1) is 11.3 Å². The van der Waals surface area contributed by atoms with E-state index in [1.165, 1.54) is 11.3 Å². The highest BCUT2D eigenvalue weighted by Gasteiger charge is 2.42. The minimum atomic E-state index is -2.34. The van der Waals surface area contributed by atoms with Gasteiger partial charge in [0, 0.05) is 41.5 Å². The van der Waals surface area contributed by atoms with Gasteiger partial charge in [-0.1, -0.05) is 57.2 Å². The smallest absolute Gasteiger partial charge is 0.407 e. The number of carbonyl (C=O) groups excluding carboxylic acids is 2. The first-order chi connectivity index (χ1) is 20.6. The fourth-order valence-electron chi connectivity index (χ4n) is 4.35. The minimum Gasteiger partial charge on any atom is -0.445 e. The molecule has 0 saturated carbocycles. The lowest BCUT2D eigenvalue weighted by atomic mass is 9.95. The Kier molecular flexibility index (Phi) is 12.5. The molecule has 3 aromatic rings. The molecule has 11 heteroatoms. The number of ether oxygens (including phenoxy) is 2. The van der Waals surface area contributed by atoms with Crippen LogP contribution >= 0.6 is 11.3 Å². The molecular formula is C33H48N4O5SSi. The Morgan fingerprint density at radius 1 is 0.886 bits per heavy atom. The molecule has 0 saturated heterocycles. The molecule has 1 aromatic carbocycles. The molecule has 44 heavy (non-hydrogen) atoms. The van der Waals surface area contributed by atoms with E-state index in [1.807, 2.05) is 63.4 Å². The maximum absolute atomic E-state index is 13.2. The summed E-state index contributed by atoms with van der Waals surface area (Å²) >= 11 is 1.53. The van der Waals surface area contributed by atoms with Gasteiger partial charge in [0.15, 0.2) is 8.32 Å². The van der Waals surface area contributed by atoms with Crippen molar-refractivity contribution in [2.75, 3.05) is 0 Å². The molecule has 0 bridgehead atoms. The third-order valence-corrected chi connectivity index (χ3v) is 12.9. The number of amides is 2. The van der Waals surface area contributed by atoms with Crippen LogP contribution in [0.1, 0.15) is 64.0 Å². The molecule has 0 aliphatic heterocycles. The third kappa shape index (κ3) is 12.0. The number of hydrogen-bond donors (Lipinski definition) is 2. The fraction of sp³-hybridized carbons (Fsp3) is 0.515. The molecule has 240 valence electrons. The van der Waals surface area contributed by atoms with Gasteiger partial charge in [-0.2, -0.15) is 0 Å². The van der Waals surface area contributed by atoms with E-state index in [2.05, 4.69) is 54.5 Å². The highest BCUT2D eigenvalue weighted by Crippen LogP contribution is 2.38. The molecule has 0 spiro atoms. The van der Waals surface area contributed by atoms with Gasteiger partial charge in [-0.25, -0.2) is 9.59 Å². The number of rotatable bonds is 13. The molecule has 2 N–H and O–H groups in total. The van der Waals surface area contributed by atoms with Crippen molar-refractivity contribution < 1.29 is 23.5 Å². The van der Waals surface area contributed by atoms with Crippen LogP contribution in [0, 0.1) is 0 Å². The Balaban J connectivity index is 1.93. The van der Waals surface area contributed by atoms with Crippen molar-refractivity contribution in [3.05, 3.63) is 82.6 Å². The van der Waals surface area contributed by atoms with E-state index in [4.69, 9.17) is 13.9 Å². The first kappa shape index (κ1) is 35.2. The summed E-state index contributed by atoms with van der Waals surface area (Å²) in [4.78, 5) is 35.6. The van der Waals surface area contributed by atoms with Gasteiger partial charge < -0.3 is 24.5 Å². The molecule has 0 aliphatic rings. The molecule has 3 atom stereocenters. The van der Waals surface area contributed by atoms with Crippen molar-refractivity contribution in [1.82, 2.24) is 20.6 Å². The minimum absolute atomic E-state index is 0.0856. The first-order valence-corrected chi connectivity index (χ1v) is 18.8. The number of pyridine rings is 1. The van der Waals surface area contributed by atoms with E-state index in [0.29, 0.717) is 19.3 Å². The number of carbonyl (C=O) groups is 2. The van der Waals surface area contributed by atoms with Crippen molar-refractivity contribution in [3.63, 3.8) is 0 Å². The topological polar surface area (TPSA) is 112 Å². The van der Waals surface area contributed by atoms with Crippen LogP contribution in [0.5, 0.6) is 0 Å². The summed E-state index contributed by atoms with van der Waals surface area (Å²) < 4.78 is 18.3. The SMILES string of the molecule is CC(C)(C)OC(=O)N[C@@H](Cc1ccccc1)[C@H](C[C@@H](Cc1cncs1)NC(=O)OCc1cccnc1)O[Si](C)(C)C(C)(C)C. The van der Waals surface area contributed by atoms with Gasteiger partial charge in [0.05, 0.1) is 17.7 Å². The van der Waals surface area contributed by atoms with E-state index in [0.717, 1.165) is 16.0 Å². The summed E-state index contributed by atoms with van der Waals surface area (Å²) in [5, 5.41) is 6.13. The van der Waals surface area contributed by atoms with Gasteiger partial charge in [0.25, 0.3) is 0 Å². The van der Waals surface area contributed by atoms with Gasteiger partial charge >= 0.3 is 12.2 Å². The number of hydrogen-bond acceptors (Lipinski definition) is 8. The van der Waals surface area contributed by atoms with Crippen molar-refractivity contribution in [2.45, 2.75) is 109 Å². The highest BCUT2D eigenvalue weighted by molar-refractivity contribution is 7.09. The lowest BCUT2D eigenvalue weighted by Gasteiger charge is -2.42. The second-order valence-electron chi connectivity index (χ2n) is 13.5. The lowest BCUT2D eigenvalue weighted by Crippen LogP contribution is -2.55. The van der Waals surface area contributed by atoms with Crippen LogP contribution in [-0.4, -0.2) is 54.3 Å². The fourth-order valence-corrected chi connectivity index (χ4v) is 6.40. The predicted octanol–water partition coefficient (Wildman–Crippen LogP) is 7.29. The number of thiazole rings is 1. The Morgan fingerprint density at radius 3 is 2.18 bits per heavy atom. The van der Waals surface area contributed by atoms with Crippen molar-refractivity contribution in [1.29, 1.82) is 0 Å². The van der Waals surface area contributed by atoms with Crippen LogP contribution in [0.4, 0.5) is 9.59 Å². The van der Waals surface area contributed by atoms with Gasteiger partial charge in [-0.3, -0.25) is 9.97 Å². The molecule has 2 aromatic heterocycles. The molecule has 0 unspecified atom stereocenters. The molecule has 0 radical (unpaired) electrons. The van der Waals surface area contributed by atoms with Gasteiger partial charge in [0.1, 0.15) is 12.2 Å². The van der Waals surface area contributed by atoms with Crippen LogP contribution in [0.2, 0.25) is 18.1 Å². The molecule has 3 rings (SSSR count). The van der Waals surface area contributed by atoms with E-state index >= 15 is 0 Å². The molecule has 0 aliphatic carbocycles. The second-order valence-corrected chi connectivity index (χ2v) is 19.3. The van der Waals surface area contributed by atoms with E-state index in [9.17, 15) is 9.59 Å². The normalized spacial score (nSPS) is 14.3. The summed E-state index contributed by atoms with van der Waals surface area (Å²) in [5.41, 5.74) is 2.97. The van der Waals surface area contributed by atoms with E-state index in [1.54, 1.807) is 24.0 Å². The van der Waals surface area contributed by atoms with Gasteiger partial charge in [-0.05, 0) is 63.4 Å². The summed E-state index contributed by atoms with van der Waals surface area (Å²) in [6.07, 6.45) is 5.16. The van der Waals surface area contributed by atoms with Crippen molar-refractivity contribution in [2.24, 2.45) is 0 Å². The predicted molar refractivity (Wildman–Crippen MR) is 177 cm³/mol. The summed E-state index contributed by atoms with van der Waals surface area (Å²) in [6.45, 7) is 16.6. The van der Waals surface area contributed by atoms with Crippen molar-refractivity contribution in [3.8, 4) is 0 Å². The molecule has 9 nitrogen and oxygen atoms in total. The number of aromatic nitrogens is 2. The third-order valence-electron chi connectivity index (χ3n) is 7.56. The Hall–Kier alpha value is -3.28. The van der Waals surface area contributed by atoms with Crippen LogP contribution in [0.3, 0.4) is 0 Å². The Labute approximate surface area is 267 Å². The first-order valence-electron chi connectivity index (χ1n) is 15.0. The molecule has 0 fully saturated rings. The number of nitrogens with zero attached hydrogens (tertiary/aromatic N) is 2. The summed E-state index contributed by atoms with van der Waals surface area (Å²) in [7, 11) is -2.34. The highest BCUT2D eigenvalue weighted by atomic mass is 32.1. The zero-order valence-corrected chi connectivity index (χ0v) is 29.1. The molecule has 2 amide bonds. The number of alkyl carbamates (subject to hydrolysis) is 2. The average molecular weight is 641 g/mol. The van der Waals surface area contributed by atoms with Gasteiger partial charge in [0.2, 0.25) is 0 Å². The van der Waals surface area contributed by atoms with Crippen molar-refractivity contribution >= 4 is 31.8 Å². The zero-order valence-electron chi connectivity index (χ0n) is 27.3. The largest absolute Gasteiger partial charge is 0.445 e. The maximum Gasteiger partial charge on any atom is 0.407 e. The van der Waals surface area contributed by atoms with Crippen LogP contribution in [0.25, 0.3) is 0 Å². The monoisotopic (exact) mass is 640 g/mol. The maximum atomic E-state index is 13.2. The quantitative estimate of drug-likeness (QED) is 0.189. The summed E-state index contributed by atoms with van der Waals surface area (Å²) in [6, 6.07) is 12.9. The number of nitrogens with one attached hydrogen (secondary N) is 2. The molecule has 2 heterocycles. The lowest BCUT2D eigenvalue weighted by molar-refractivity contribution is 0.0412. The second kappa shape index (κ2) is 15.6. The van der Waals surface area contributed by atoms with Crippen LogP contribution in [0.15, 0.2) is 66.6 Å². The zero-order chi connectivity index (χ0) is 32.4. The standard InChI is InChI=1S/C33H48N4O5SSi/c1-32(2,3)41-31(39)37-28(17-24-13-10-9-11-14-24)29(42-44(7,8)33(4,5)6)19-26(18-27-21-35-23-43-27)36-30(38)40-22-25-15-12-16-34-20-25/h9-16,20-21,23,26,28-29H,17-19,22H2,1-8H3,(H,36,38)(H,37,39)/t26-,28+,29+/m1/s1. The molecular weight excluding hydrogens is 593 g/mol. The van der Waals surface area contributed by atoms with Crippen LogP contribution < -0.4 is 10.6 Å². The number of benzene rings is 1.